The fourth-order valence-electron chi connectivity index (χ4n) is 1.95. The molecule has 100 valence electrons. The lowest BCUT2D eigenvalue weighted by Gasteiger charge is -2.07. The Bertz CT molecular complexity index is 679. The third kappa shape index (κ3) is 2.03. The largest absolute Gasteiger partial charge is 0.508 e. The Morgan fingerprint density at radius 3 is 2.53 bits per heavy atom. The number of phenolic OH excluding ortho intramolecular Hbond substituents is 1. The maximum Gasteiger partial charge on any atom is 0.313 e. The number of benzene rings is 1. The molecule has 0 fully saturated rings. The predicted octanol–water partition coefficient (Wildman–Crippen LogP) is 2.55. The van der Waals surface area contributed by atoms with Crippen molar-refractivity contribution < 1.29 is 14.4 Å². The summed E-state index contributed by atoms with van der Waals surface area (Å²) in [5.41, 5.74) is 0.625. The molecule has 0 amide bonds. The van der Waals surface area contributed by atoms with Crippen molar-refractivity contribution in [3.8, 4) is 11.4 Å². The van der Waals surface area contributed by atoms with Gasteiger partial charge in [0.1, 0.15) is 28.6 Å². The van der Waals surface area contributed by atoms with Crippen LogP contribution in [0.15, 0.2) is 12.1 Å². The number of hydrogen-bond acceptors (Lipinski definition) is 4. The number of aromatic nitrogens is 2. The van der Waals surface area contributed by atoms with Gasteiger partial charge >= 0.3 is 5.69 Å². The number of phenols is 1. The van der Waals surface area contributed by atoms with Crippen LogP contribution in [-0.2, 0) is 0 Å². The van der Waals surface area contributed by atoms with Crippen LogP contribution in [0, 0.1) is 36.7 Å². The fraction of sp³-hybridized carbons (Fsp3) is 0.250. The minimum absolute atomic E-state index is 0.0169. The van der Waals surface area contributed by atoms with Crippen molar-refractivity contribution in [1.29, 1.82) is 0 Å². The molecule has 0 aliphatic heterocycles. The fourth-order valence-corrected chi connectivity index (χ4v) is 1.95. The summed E-state index contributed by atoms with van der Waals surface area (Å²) in [6.45, 7) is 4.52. The lowest BCUT2D eigenvalue weighted by molar-refractivity contribution is -0.386. The van der Waals surface area contributed by atoms with Crippen molar-refractivity contribution in [1.82, 2.24) is 9.78 Å². The van der Waals surface area contributed by atoms with Crippen LogP contribution in [0.1, 0.15) is 17.0 Å². The Labute approximate surface area is 108 Å². The van der Waals surface area contributed by atoms with Gasteiger partial charge in [-0.2, -0.15) is 5.10 Å². The van der Waals surface area contributed by atoms with E-state index in [4.69, 9.17) is 0 Å². The van der Waals surface area contributed by atoms with E-state index in [0.29, 0.717) is 5.56 Å². The molecular formula is C12H12FN3O3. The van der Waals surface area contributed by atoms with Crippen molar-refractivity contribution in [2.45, 2.75) is 20.8 Å². The molecule has 0 aliphatic rings. The molecule has 0 atom stereocenters. The molecule has 0 aliphatic carbocycles. The third-order valence-corrected chi connectivity index (χ3v) is 2.93. The number of halogens is 1. The first kappa shape index (κ1) is 13.0. The van der Waals surface area contributed by atoms with Crippen LogP contribution in [0.2, 0.25) is 0 Å². The normalized spacial score (nSPS) is 10.7. The Morgan fingerprint density at radius 2 is 2.00 bits per heavy atom. The zero-order valence-corrected chi connectivity index (χ0v) is 10.6. The Balaban J connectivity index is 2.70. The van der Waals surface area contributed by atoms with E-state index in [2.05, 4.69) is 5.10 Å². The summed E-state index contributed by atoms with van der Waals surface area (Å²) in [5, 5.41) is 24.5. The van der Waals surface area contributed by atoms with Gasteiger partial charge in [0.2, 0.25) is 0 Å². The number of hydrogen-bond donors (Lipinski definition) is 1. The molecule has 7 heteroatoms. The van der Waals surface area contributed by atoms with E-state index in [0.717, 1.165) is 10.7 Å². The Hall–Kier alpha value is -2.44. The Morgan fingerprint density at radius 1 is 1.37 bits per heavy atom. The van der Waals surface area contributed by atoms with Crippen molar-refractivity contribution in [3.63, 3.8) is 0 Å². The smallest absolute Gasteiger partial charge is 0.313 e. The zero-order chi connectivity index (χ0) is 14.3. The molecule has 2 aromatic rings. The quantitative estimate of drug-likeness (QED) is 0.668. The van der Waals surface area contributed by atoms with Crippen LogP contribution in [0.3, 0.4) is 0 Å². The molecule has 0 saturated heterocycles. The summed E-state index contributed by atoms with van der Waals surface area (Å²) >= 11 is 0. The van der Waals surface area contributed by atoms with Gasteiger partial charge < -0.3 is 5.11 Å². The number of aromatic hydroxyl groups is 1. The summed E-state index contributed by atoms with van der Waals surface area (Å²) in [4.78, 5) is 10.3. The second-order valence-corrected chi connectivity index (χ2v) is 4.28. The van der Waals surface area contributed by atoms with E-state index in [9.17, 15) is 19.6 Å². The topological polar surface area (TPSA) is 81.2 Å². The highest BCUT2D eigenvalue weighted by molar-refractivity contribution is 5.49. The first-order valence-electron chi connectivity index (χ1n) is 5.53. The summed E-state index contributed by atoms with van der Waals surface area (Å²) in [6.07, 6.45) is 0. The molecule has 1 heterocycles. The van der Waals surface area contributed by atoms with Gasteiger partial charge in [0.25, 0.3) is 0 Å². The van der Waals surface area contributed by atoms with Gasteiger partial charge in [-0.1, -0.05) is 0 Å². The average Bonchev–Trinajstić information content (AvgIpc) is 2.59. The van der Waals surface area contributed by atoms with Gasteiger partial charge in [-0.05, 0) is 32.4 Å². The number of nitro groups is 1. The highest BCUT2D eigenvalue weighted by Gasteiger charge is 2.24. The molecule has 1 aromatic carbocycles. The second-order valence-electron chi connectivity index (χ2n) is 4.28. The molecule has 19 heavy (non-hydrogen) atoms. The summed E-state index contributed by atoms with van der Waals surface area (Å²) < 4.78 is 15.0. The van der Waals surface area contributed by atoms with E-state index in [-0.39, 0.29) is 28.5 Å². The van der Waals surface area contributed by atoms with Gasteiger partial charge in [0.15, 0.2) is 0 Å². The third-order valence-electron chi connectivity index (χ3n) is 2.93. The van der Waals surface area contributed by atoms with E-state index in [1.165, 1.54) is 19.9 Å². The standard InChI is InChI=1S/C12H12FN3O3/c1-6-4-9(13)10(5-11(6)17)15-8(3)12(16(18)19)7(2)14-15/h4-5,17H,1-3H3. The van der Waals surface area contributed by atoms with Crippen molar-refractivity contribution in [3.05, 3.63) is 45.0 Å². The van der Waals surface area contributed by atoms with E-state index in [1.54, 1.807) is 6.92 Å². The molecule has 0 unspecified atom stereocenters. The molecule has 0 saturated carbocycles. The van der Waals surface area contributed by atoms with Crippen LogP contribution in [0.5, 0.6) is 5.75 Å². The monoisotopic (exact) mass is 265 g/mol. The van der Waals surface area contributed by atoms with Gasteiger partial charge in [0, 0.05) is 6.07 Å². The minimum atomic E-state index is -0.601. The maximum absolute atomic E-state index is 13.9. The van der Waals surface area contributed by atoms with Gasteiger partial charge in [-0.3, -0.25) is 10.1 Å². The SMILES string of the molecule is Cc1cc(F)c(-n2nc(C)c([N+](=O)[O-])c2C)cc1O. The molecular weight excluding hydrogens is 253 g/mol. The maximum atomic E-state index is 13.9. The number of nitrogens with zero attached hydrogens (tertiary/aromatic N) is 3. The highest BCUT2D eigenvalue weighted by atomic mass is 19.1. The van der Waals surface area contributed by atoms with E-state index in [1.807, 2.05) is 0 Å². The molecule has 1 N–H and O–H groups in total. The van der Waals surface area contributed by atoms with Crippen LogP contribution >= 0.6 is 0 Å². The number of rotatable bonds is 2. The first-order chi connectivity index (χ1) is 8.82. The molecule has 0 radical (unpaired) electrons. The van der Waals surface area contributed by atoms with Crippen LogP contribution < -0.4 is 0 Å². The van der Waals surface area contributed by atoms with Crippen molar-refractivity contribution >= 4 is 5.69 Å². The first-order valence-corrected chi connectivity index (χ1v) is 5.53. The van der Waals surface area contributed by atoms with Gasteiger partial charge in [-0.15, -0.1) is 0 Å². The summed E-state index contributed by atoms with van der Waals surface area (Å²) in [7, 11) is 0. The summed E-state index contributed by atoms with van der Waals surface area (Å²) in [5.74, 6) is -0.692. The van der Waals surface area contributed by atoms with E-state index >= 15 is 0 Å². The highest BCUT2D eigenvalue weighted by Crippen LogP contribution is 2.29. The average molecular weight is 265 g/mol. The second kappa shape index (κ2) is 4.34. The van der Waals surface area contributed by atoms with Crippen molar-refractivity contribution in [2.75, 3.05) is 0 Å². The predicted molar refractivity (Wildman–Crippen MR) is 66.1 cm³/mol. The zero-order valence-electron chi connectivity index (χ0n) is 10.6. The lowest BCUT2D eigenvalue weighted by atomic mass is 10.2. The van der Waals surface area contributed by atoms with Crippen LogP contribution in [0.4, 0.5) is 10.1 Å². The molecule has 1 aromatic heterocycles. The van der Waals surface area contributed by atoms with E-state index < -0.39 is 10.7 Å². The van der Waals surface area contributed by atoms with Crippen LogP contribution in [0.25, 0.3) is 5.69 Å². The molecule has 0 bridgehead atoms. The summed E-state index contributed by atoms with van der Waals surface area (Å²) in [6, 6.07) is 2.36. The Kier molecular flexibility index (Phi) is 2.97. The van der Waals surface area contributed by atoms with Crippen molar-refractivity contribution in [2.24, 2.45) is 0 Å². The molecule has 2 rings (SSSR count). The molecule has 0 spiro atoms. The van der Waals surface area contributed by atoms with Crippen LogP contribution in [-0.4, -0.2) is 19.8 Å². The lowest BCUT2D eigenvalue weighted by Crippen LogP contribution is -2.03. The molecule has 6 nitrogen and oxygen atoms in total. The van der Waals surface area contributed by atoms with Gasteiger partial charge in [-0.25, -0.2) is 9.07 Å². The van der Waals surface area contributed by atoms with Gasteiger partial charge in [0.05, 0.1) is 4.92 Å². The number of aryl methyl sites for hydroxylation is 2. The minimum Gasteiger partial charge on any atom is -0.508 e.